The maximum absolute atomic E-state index is 4.21. The van der Waals surface area contributed by atoms with E-state index in [0.717, 1.165) is 0 Å². The van der Waals surface area contributed by atoms with E-state index in [0.29, 0.717) is 0 Å². The third-order valence-corrected chi connectivity index (χ3v) is 3.81. The first-order valence-electron chi connectivity index (χ1n) is 6.47. The molecule has 0 unspecified atom stereocenters. The van der Waals surface area contributed by atoms with E-state index in [9.17, 15) is 0 Å². The standard InChI is InChI=1S/C15H17BN3/c1-12-14-7-8-17-10-13(14)11-19(3)16(12)15-6-4-5-9-18(15)2/h4-11H,1-3H3/q+1. The summed E-state index contributed by atoms with van der Waals surface area (Å²) in [7, 11) is 4.22. The lowest BCUT2D eigenvalue weighted by molar-refractivity contribution is -0.654. The second kappa shape index (κ2) is 4.54. The molecule has 0 N–H and O–H groups in total. The van der Waals surface area contributed by atoms with Gasteiger partial charge in [-0.2, -0.15) is 0 Å². The summed E-state index contributed by atoms with van der Waals surface area (Å²) in [5.41, 5.74) is 2.66. The highest BCUT2D eigenvalue weighted by molar-refractivity contribution is 6.85. The van der Waals surface area contributed by atoms with Crippen LogP contribution in [0.5, 0.6) is 0 Å². The van der Waals surface area contributed by atoms with Crippen molar-refractivity contribution in [1.29, 1.82) is 0 Å². The molecule has 0 radical (unpaired) electrons. The van der Waals surface area contributed by atoms with E-state index in [1.165, 1.54) is 21.5 Å². The van der Waals surface area contributed by atoms with Gasteiger partial charge in [-0.05, 0) is 37.5 Å². The average molecular weight is 250 g/mol. The third kappa shape index (κ3) is 1.93. The molecule has 1 aliphatic heterocycles. The largest absolute Gasteiger partial charge is 0.410 e. The lowest BCUT2D eigenvalue weighted by atomic mass is 9.50. The molecule has 0 aromatic carbocycles. The van der Waals surface area contributed by atoms with Crippen molar-refractivity contribution in [2.24, 2.45) is 7.05 Å². The lowest BCUT2D eigenvalue weighted by Crippen LogP contribution is -2.62. The third-order valence-electron chi connectivity index (χ3n) is 3.81. The van der Waals surface area contributed by atoms with Crippen LogP contribution in [0.4, 0.5) is 0 Å². The van der Waals surface area contributed by atoms with E-state index in [-0.39, 0.29) is 6.85 Å². The van der Waals surface area contributed by atoms with Crippen LogP contribution in [-0.4, -0.2) is 23.7 Å². The monoisotopic (exact) mass is 250 g/mol. The number of pyridine rings is 2. The first kappa shape index (κ1) is 12.0. The highest BCUT2D eigenvalue weighted by Gasteiger charge is 2.33. The second-order valence-corrected chi connectivity index (χ2v) is 5.08. The molecule has 0 bridgehead atoms. The molecule has 3 heterocycles. The normalized spacial score (nSPS) is 14.2. The predicted octanol–water partition coefficient (Wildman–Crippen LogP) is -0.802. The minimum atomic E-state index is 0.279. The highest BCUT2D eigenvalue weighted by Crippen LogP contribution is 2.05. The van der Waals surface area contributed by atoms with Crippen molar-refractivity contribution in [3.8, 4) is 0 Å². The first-order chi connectivity index (χ1) is 9.18. The SMILES string of the molecule is CC1=c2ccncc2=CN(C)B1c1cccc[n+]1C. The first-order valence-corrected chi connectivity index (χ1v) is 6.47. The quantitative estimate of drug-likeness (QED) is 0.487. The molecule has 0 saturated carbocycles. The van der Waals surface area contributed by atoms with Crippen LogP contribution in [0.25, 0.3) is 11.7 Å². The van der Waals surface area contributed by atoms with Crippen LogP contribution >= 0.6 is 0 Å². The summed E-state index contributed by atoms with van der Waals surface area (Å²) in [6.45, 7) is 2.49. The number of rotatable bonds is 1. The Balaban J connectivity index is 2.25. The van der Waals surface area contributed by atoms with Crippen LogP contribution in [0.2, 0.25) is 0 Å². The Labute approximate surface area is 113 Å². The summed E-state index contributed by atoms with van der Waals surface area (Å²) in [6, 6.07) is 8.44. The van der Waals surface area contributed by atoms with Gasteiger partial charge in [0.2, 0.25) is 0 Å². The molecule has 0 aliphatic carbocycles. The van der Waals surface area contributed by atoms with Crippen molar-refractivity contribution >= 4 is 24.1 Å². The molecule has 94 valence electrons. The molecular formula is C15H17BN3+. The van der Waals surface area contributed by atoms with Crippen molar-refractivity contribution in [1.82, 2.24) is 9.79 Å². The topological polar surface area (TPSA) is 20.0 Å². The van der Waals surface area contributed by atoms with Gasteiger partial charge in [-0.1, -0.05) is 11.5 Å². The molecule has 0 saturated heterocycles. The molecule has 19 heavy (non-hydrogen) atoms. The van der Waals surface area contributed by atoms with Gasteiger partial charge in [0, 0.05) is 23.7 Å². The Morgan fingerprint density at radius 1 is 1.26 bits per heavy atom. The van der Waals surface area contributed by atoms with Crippen molar-refractivity contribution in [2.45, 2.75) is 6.92 Å². The predicted molar refractivity (Wildman–Crippen MR) is 77.8 cm³/mol. The van der Waals surface area contributed by atoms with Crippen LogP contribution in [-0.2, 0) is 7.05 Å². The Kier molecular flexibility index (Phi) is 2.86. The van der Waals surface area contributed by atoms with Crippen LogP contribution in [0.15, 0.2) is 42.9 Å². The van der Waals surface area contributed by atoms with E-state index in [4.69, 9.17) is 0 Å². The van der Waals surface area contributed by atoms with E-state index in [2.05, 4.69) is 72.0 Å². The van der Waals surface area contributed by atoms with Gasteiger partial charge in [0.25, 0.3) is 0 Å². The minimum Gasteiger partial charge on any atom is -0.410 e. The number of nitrogens with zero attached hydrogens (tertiary/aromatic N) is 3. The molecule has 2 aromatic rings. The summed E-state index contributed by atoms with van der Waals surface area (Å²) >= 11 is 0. The fourth-order valence-corrected chi connectivity index (χ4v) is 2.87. The molecular weight excluding hydrogens is 233 g/mol. The number of hydrogen-bond acceptors (Lipinski definition) is 2. The van der Waals surface area contributed by atoms with Gasteiger partial charge in [-0.3, -0.25) is 4.98 Å². The van der Waals surface area contributed by atoms with Crippen molar-refractivity contribution in [2.75, 3.05) is 7.05 Å². The fourth-order valence-electron chi connectivity index (χ4n) is 2.87. The highest BCUT2D eigenvalue weighted by atomic mass is 15.0. The Hall–Kier alpha value is -2.10. The number of aromatic nitrogens is 2. The van der Waals surface area contributed by atoms with Gasteiger partial charge < -0.3 is 4.81 Å². The molecule has 0 atom stereocenters. The molecule has 3 rings (SSSR count). The number of aryl methyl sites for hydroxylation is 1. The zero-order valence-corrected chi connectivity index (χ0v) is 11.5. The van der Waals surface area contributed by atoms with E-state index < -0.39 is 0 Å². The zero-order valence-electron chi connectivity index (χ0n) is 11.5. The van der Waals surface area contributed by atoms with Gasteiger partial charge in [-0.25, -0.2) is 4.57 Å². The van der Waals surface area contributed by atoms with Gasteiger partial charge in [0.1, 0.15) is 7.05 Å². The summed E-state index contributed by atoms with van der Waals surface area (Å²) in [6.07, 6.45) is 8.06. The molecule has 0 fully saturated rings. The van der Waals surface area contributed by atoms with Crippen LogP contribution in [0.3, 0.4) is 0 Å². The second-order valence-electron chi connectivity index (χ2n) is 5.08. The van der Waals surface area contributed by atoms with Gasteiger partial charge in [0.15, 0.2) is 11.8 Å². The molecule has 3 nitrogen and oxygen atoms in total. The maximum Gasteiger partial charge on any atom is 0.399 e. The van der Waals surface area contributed by atoms with Crippen molar-refractivity contribution in [3.63, 3.8) is 0 Å². The fraction of sp³-hybridized carbons (Fsp3) is 0.200. The van der Waals surface area contributed by atoms with E-state index in [1.807, 2.05) is 12.4 Å². The van der Waals surface area contributed by atoms with Crippen molar-refractivity contribution in [3.05, 3.63) is 53.3 Å². The molecule has 0 amide bonds. The van der Waals surface area contributed by atoms with Crippen LogP contribution < -0.4 is 20.6 Å². The van der Waals surface area contributed by atoms with Crippen LogP contribution in [0, 0.1) is 0 Å². The molecule has 2 aromatic heterocycles. The van der Waals surface area contributed by atoms with Gasteiger partial charge in [-0.15, -0.1) is 0 Å². The number of hydrogen-bond donors (Lipinski definition) is 0. The number of fused-ring (bicyclic) bond motifs is 1. The molecule has 4 heteroatoms. The molecule has 0 spiro atoms. The summed E-state index contributed by atoms with van der Waals surface area (Å²) in [5, 5.41) is 2.49. The maximum atomic E-state index is 4.21. The Morgan fingerprint density at radius 3 is 2.89 bits per heavy atom. The van der Waals surface area contributed by atoms with Crippen molar-refractivity contribution < 1.29 is 4.57 Å². The average Bonchev–Trinajstić information content (AvgIpc) is 2.41. The van der Waals surface area contributed by atoms with Crippen LogP contribution in [0.1, 0.15) is 6.92 Å². The molecule has 1 aliphatic rings. The van der Waals surface area contributed by atoms with E-state index in [1.54, 1.807) is 0 Å². The lowest BCUT2D eigenvalue weighted by Gasteiger charge is -2.25. The summed E-state index contributed by atoms with van der Waals surface area (Å²) in [4.78, 5) is 6.46. The summed E-state index contributed by atoms with van der Waals surface area (Å²) < 4.78 is 2.19. The minimum absolute atomic E-state index is 0.279. The van der Waals surface area contributed by atoms with Gasteiger partial charge >= 0.3 is 6.85 Å². The Bertz CT molecular complexity index is 739. The van der Waals surface area contributed by atoms with Gasteiger partial charge in [0.05, 0.1) is 0 Å². The van der Waals surface area contributed by atoms with E-state index >= 15 is 0 Å². The summed E-state index contributed by atoms with van der Waals surface area (Å²) in [5.74, 6) is 0. The zero-order chi connectivity index (χ0) is 13.4. The Morgan fingerprint density at radius 2 is 2.11 bits per heavy atom. The smallest absolute Gasteiger partial charge is 0.399 e.